The van der Waals surface area contributed by atoms with E-state index in [4.69, 9.17) is 18.8 Å². The molecule has 0 saturated heterocycles. The summed E-state index contributed by atoms with van der Waals surface area (Å²) in [7, 11) is -9.27. The molecular weight excluding hydrogens is 306 g/mol. The van der Waals surface area contributed by atoms with E-state index in [1.165, 1.54) is 0 Å². The van der Waals surface area contributed by atoms with Crippen LogP contribution in [0, 0.1) is 0 Å². The maximum absolute atomic E-state index is 12.1. The molecule has 1 atom stereocenters. The summed E-state index contributed by atoms with van der Waals surface area (Å²) in [6.07, 6.45) is 1.35. The van der Waals surface area contributed by atoms with Crippen LogP contribution in [0.15, 0.2) is 30.3 Å². The smallest absolute Gasteiger partial charge is 0.302 e. The van der Waals surface area contributed by atoms with Crippen LogP contribution in [-0.4, -0.2) is 16.4 Å². The van der Waals surface area contributed by atoms with Crippen molar-refractivity contribution < 1.29 is 32.3 Å². The molecule has 0 amide bonds. The molecule has 0 spiro atoms. The molecule has 20 heavy (non-hydrogen) atoms. The van der Waals surface area contributed by atoms with Crippen LogP contribution >= 0.6 is 15.6 Å². The zero-order valence-corrected chi connectivity index (χ0v) is 12.8. The van der Waals surface area contributed by atoms with Gasteiger partial charge in [-0.3, -0.25) is 9.05 Å². The summed E-state index contributed by atoms with van der Waals surface area (Å²) in [4.78, 5) is 17.5. The minimum atomic E-state index is -4.97. The first-order valence-corrected chi connectivity index (χ1v) is 9.04. The third-order valence-corrected chi connectivity index (χ3v) is 4.78. The second kappa shape index (κ2) is 8.05. The molecule has 1 rings (SSSR count). The normalized spacial score (nSPS) is 14.9. The van der Waals surface area contributed by atoms with Crippen LogP contribution in [0.2, 0.25) is 0 Å². The van der Waals surface area contributed by atoms with E-state index in [2.05, 4.69) is 4.31 Å². The fourth-order valence-electron chi connectivity index (χ4n) is 1.26. The van der Waals surface area contributed by atoms with Gasteiger partial charge in [0, 0.05) is 0 Å². The number of phosphoric ester groups is 1. The van der Waals surface area contributed by atoms with Gasteiger partial charge in [0.15, 0.2) is 0 Å². The lowest BCUT2D eigenvalue weighted by Gasteiger charge is -2.18. The standard InChI is InChI=1S/C11H18O7P2/c1-2-3-9-16-20(15,18-19(12,13)14)17-10-11-7-5-4-6-8-11/h4-8H,2-3,9-10H2,1H3,(H2,12,13,14). The van der Waals surface area contributed by atoms with E-state index in [0.29, 0.717) is 12.0 Å². The summed E-state index contributed by atoms with van der Waals surface area (Å²) in [6.45, 7) is 1.79. The van der Waals surface area contributed by atoms with Crippen molar-refractivity contribution >= 4 is 15.6 Å². The van der Waals surface area contributed by atoms with Crippen molar-refractivity contribution in [3.05, 3.63) is 35.9 Å². The largest absolute Gasteiger partial charge is 0.484 e. The van der Waals surface area contributed by atoms with Gasteiger partial charge in [-0.25, -0.2) is 9.13 Å². The first-order chi connectivity index (χ1) is 9.35. The molecular formula is C11H18O7P2. The summed E-state index contributed by atoms with van der Waals surface area (Å²) in [5.74, 6) is 0. The molecule has 0 aliphatic heterocycles. The Morgan fingerprint density at radius 3 is 2.30 bits per heavy atom. The summed E-state index contributed by atoms with van der Waals surface area (Å²) < 4.78 is 37.0. The predicted molar refractivity (Wildman–Crippen MR) is 72.8 cm³/mol. The second-order valence-electron chi connectivity index (χ2n) is 3.97. The molecule has 0 radical (unpaired) electrons. The molecule has 1 aromatic carbocycles. The Balaban J connectivity index is 2.66. The van der Waals surface area contributed by atoms with Crippen molar-refractivity contribution in [3.8, 4) is 0 Å². The van der Waals surface area contributed by atoms with Crippen LogP contribution in [0.25, 0.3) is 0 Å². The summed E-state index contributed by atoms with van der Waals surface area (Å²) in [6, 6.07) is 8.74. The minimum Gasteiger partial charge on any atom is -0.302 e. The van der Waals surface area contributed by atoms with Crippen molar-refractivity contribution in [3.63, 3.8) is 0 Å². The van der Waals surface area contributed by atoms with Gasteiger partial charge in [0.2, 0.25) is 0 Å². The Morgan fingerprint density at radius 2 is 1.75 bits per heavy atom. The van der Waals surface area contributed by atoms with Crippen LogP contribution < -0.4 is 0 Å². The highest BCUT2D eigenvalue weighted by atomic mass is 31.3. The molecule has 2 N–H and O–H groups in total. The fourth-order valence-corrected chi connectivity index (χ4v) is 3.42. The number of unbranched alkanes of at least 4 members (excludes halogenated alkanes) is 1. The average Bonchev–Trinajstić information content (AvgIpc) is 2.36. The van der Waals surface area contributed by atoms with Crippen molar-refractivity contribution in [2.45, 2.75) is 26.4 Å². The van der Waals surface area contributed by atoms with E-state index in [-0.39, 0.29) is 13.2 Å². The Bertz CT molecular complexity index is 485. The van der Waals surface area contributed by atoms with Gasteiger partial charge < -0.3 is 9.79 Å². The van der Waals surface area contributed by atoms with Crippen LogP contribution in [0.3, 0.4) is 0 Å². The van der Waals surface area contributed by atoms with E-state index in [1.54, 1.807) is 30.3 Å². The highest BCUT2D eigenvalue weighted by Gasteiger charge is 2.35. The van der Waals surface area contributed by atoms with Crippen LogP contribution in [0.4, 0.5) is 0 Å². The monoisotopic (exact) mass is 324 g/mol. The van der Waals surface area contributed by atoms with E-state index < -0.39 is 15.6 Å². The Hall–Kier alpha value is -0.520. The van der Waals surface area contributed by atoms with E-state index in [9.17, 15) is 9.13 Å². The lowest BCUT2D eigenvalue weighted by molar-refractivity contribution is 0.133. The molecule has 0 aliphatic carbocycles. The first-order valence-electron chi connectivity index (χ1n) is 6.04. The van der Waals surface area contributed by atoms with Crippen molar-refractivity contribution in [1.82, 2.24) is 0 Å². The fraction of sp³-hybridized carbons (Fsp3) is 0.455. The first kappa shape index (κ1) is 17.5. The molecule has 9 heteroatoms. The maximum Gasteiger partial charge on any atom is 0.484 e. The summed E-state index contributed by atoms with van der Waals surface area (Å²) in [5, 5.41) is 0. The van der Waals surface area contributed by atoms with E-state index in [0.717, 1.165) is 6.42 Å². The molecule has 0 saturated carbocycles. The van der Waals surface area contributed by atoms with Gasteiger partial charge in [0.1, 0.15) is 0 Å². The molecule has 1 aromatic rings. The van der Waals surface area contributed by atoms with Crippen molar-refractivity contribution in [1.29, 1.82) is 0 Å². The van der Waals surface area contributed by atoms with Gasteiger partial charge in [-0.05, 0) is 12.0 Å². The predicted octanol–water partition coefficient (Wildman–Crippen LogP) is 3.24. The zero-order chi connectivity index (χ0) is 15.1. The highest BCUT2D eigenvalue weighted by molar-refractivity contribution is 7.61. The lowest BCUT2D eigenvalue weighted by Crippen LogP contribution is -2.01. The summed E-state index contributed by atoms with van der Waals surface area (Å²) >= 11 is 0. The summed E-state index contributed by atoms with van der Waals surface area (Å²) in [5.41, 5.74) is 0.682. The van der Waals surface area contributed by atoms with Gasteiger partial charge in [0.05, 0.1) is 13.2 Å². The molecule has 0 heterocycles. The van der Waals surface area contributed by atoms with Gasteiger partial charge in [0.25, 0.3) is 0 Å². The van der Waals surface area contributed by atoms with Crippen molar-refractivity contribution in [2.75, 3.05) is 6.61 Å². The maximum atomic E-state index is 12.1. The molecule has 0 aromatic heterocycles. The number of phosphoric acid groups is 2. The van der Waals surface area contributed by atoms with Crippen LogP contribution in [-0.2, 0) is 29.1 Å². The third-order valence-electron chi connectivity index (χ3n) is 2.19. The van der Waals surface area contributed by atoms with Gasteiger partial charge in [-0.2, -0.15) is 4.31 Å². The van der Waals surface area contributed by atoms with Gasteiger partial charge in [-0.15, -0.1) is 0 Å². The number of hydrogen-bond acceptors (Lipinski definition) is 5. The SMILES string of the molecule is CCCCOP(=O)(OCc1ccccc1)OP(=O)(O)O. The average molecular weight is 324 g/mol. The Kier molecular flexibility index (Phi) is 7.06. The van der Waals surface area contributed by atoms with E-state index >= 15 is 0 Å². The molecule has 0 aliphatic rings. The third kappa shape index (κ3) is 7.31. The topological polar surface area (TPSA) is 102 Å². The molecule has 0 fully saturated rings. The van der Waals surface area contributed by atoms with E-state index in [1.807, 2.05) is 6.92 Å². The Labute approximate surface area is 117 Å². The number of hydrogen-bond donors (Lipinski definition) is 2. The quantitative estimate of drug-likeness (QED) is 0.531. The minimum absolute atomic E-state index is 0.0303. The Morgan fingerprint density at radius 1 is 1.10 bits per heavy atom. The van der Waals surface area contributed by atoms with Crippen LogP contribution in [0.5, 0.6) is 0 Å². The van der Waals surface area contributed by atoms with Gasteiger partial charge in [-0.1, -0.05) is 43.7 Å². The lowest BCUT2D eigenvalue weighted by atomic mass is 10.2. The number of rotatable bonds is 9. The molecule has 0 bridgehead atoms. The zero-order valence-electron chi connectivity index (χ0n) is 11.0. The molecule has 114 valence electrons. The van der Waals surface area contributed by atoms with Crippen LogP contribution in [0.1, 0.15) is 25.3 Å². The van der Waals surface area contributed by atoms with Gasteiger partial charge >= 0.3 is 15.6 Å². The van der Waals surface area contributed by atoms with Crippen molar-refractivity contribution in [2.24, 2.45) is 0 Å². The number of benzene rings is 1. The molecule has 1 unspecified atom stereocenters. The second-order valence-corrected chi connectivity index (χ2v) is 7.01. The highest BCUT2D eigenvalue weighted by Crippen LogP contribution is 2.61. The molecule has 7 nitrogen and oxygen atoms in total.